The van der Waals surface area contributed by atoms with E-state index in [1.54, 1.807) is 12.1 Å². The molecule has 0 fully saturated rings. The Hall–Kier alpha value is -2.57. The minimum atomic E-state index is -0.496. The quantitative estimate of drug-likeness (QED) is 0.441. The molecule has 2 aromatic heterocycles. The molecule has 0 spiro atoms. The van der Waals surface area contributed by atoms with E-state index in [2.05, 4.69) is 15.0 Å². The summed E-state index contributed by atoms with van der Waals surface area (Å²) in [5, 5.41) is 0.658. The Morgan fingerprint density at radius 2 is 2.19 bits per heavy atom. The van der Waals surface area contributed by atoms with Gasteiger partial charge in [-0.05, 0) is 12.1 Å². The number of nitrogens with two attached hydrogens (primary N) is 2. The van der Waals surface area contributed by atoms with Crippen LogP contribution >= 0.6 is 0 Å². The zero-order chi connectivity index (χ0) is 11.3. The summed E-state index contributed by atoms with van der Waals surface area (Å²) in [6.07, 6.45) is 1.47. The standard InChI is InChI=1S/C9H8N6O/c10-8-4-1-2-5-7(12-3-15(5)11)6(4)13-9(16)14-8/h1-3H,11H2,(H3,10,13,14,16). The van der Waals surface area contributed by atoms with E-state index in [-0.39, 0.29) is 5.82 Å². The summed E-state index contributed by atoms with van der Waals surface area (Å²) in [5.74, 6) is 5.85. The van der Waals surface area contributed by atoms with Gasteiger partial charge in [0.2, 0.25) is 0 Å². The molecule has 0 amide bonds. The number of hydrogen-bond acceptors (Lipinski definition) is 5. The van der Waals surface area contributed by atoms with Crippen LogP contribution in [-0.2, 0) is 0 Å². The van der Waals surface area contributed by atoms with Crippen LogP contribution in [0, 0.1) is 0 Å². The Morgan fingerprint density at radius 1 is 1.38 bits per heavy atom. The average Bonchev–Trinajstić information content (AvgIpc) is 2.60. The van der Waals surface area contributed by atoms with Gasteiger partial charge in [0.1, 0.15) is 17.7 Å². The van der Waals surface area contributed by atoms with E-state index >= 15 is 0 Å². The molecule has 0 saturated heterocycles. The third-order valence-corrected chi connectivity index (χ3v) is 2.48. The zero-order valence-corrected chi connectivity index (χ0v) is 8.14. The summed E-state index contributed by atoms with van der Waals surface area (Å²) < 4.78 is 1.38. The van der Waals surface area contributed by atoms with Crippen LogP contribution in [0.25, 0.3) is 21.9 Å². The molecule has 0 bridgehead atoms. The molecular weight excluding hydrogens is 208 g/mol. The highest BCUT2D eigenvalue weighted by Gasteiger charge is 2.09. The number of benzene rings is 1. The summed E-state index contributed by atoms with van der Waals surface area (Å²) in [5.41, 5.74) is 7.04. The maximum absolute atomic E-state index is 11.2. The monoisotopic (exact) mass is 216 g/mol. The van der Waals surface area contributed by atoms with Crippen LogP contribution in [0.2, 0.25) is 0 Å². The SMILES string of the molecule is Nc1nc(=O)[nH]c2c1ccc1c2ncn1N. The molecule has 0 saturated carbocycles. The highest BCUT2D eigenvalue weighted by molar-refractivity contribution is 6.04. The second-order valence-electron chi connectivity index (χ2n) is 3.43. The third kappa shape index (κ3) is 0.991. The largest absolute Gasteiger partial charge is 0.383 e. The number of rotatable bonds is 0. The van der Waals surface area contributed by atoms with E-state index in [1.165, 1.54) is 11.0 Å². The predicted molar refractivity (Wildman–Crippen MR) is 60.2 cm³/mol. The topological polar surface area (TPSA) is 116 Å². The molecule has 0 atom stereocenters. The van der Waals surface area contributed by atoms with E-state index < -0.39 is 5.69 Å². The van der Waals surface area contributed by atoms with Gasteiger partial charge < -0.3 is 16.6 Å². The molecule has 16 heavy (non-hydrogen) atoms. The Morgan fingerprint density at radius 3 is 3.00 bits per heavy atom. The van der Waals surface area contributed by atoms with Gasteiger partial charge in [0.15, 0.2) is 0 Å². The number of nitrogens with one attached hydrogen (secondary N) is 1. The molecule has 5 N–H and O–H groups in total. The summed E-state index contributed by atoms with van der Waals surface area (Å²) in [6, 6.07) is 3.53. The fraction of sp³-hybridized carbons (Fsp3) is 0. The Labute approximate surface area is 88.7 Å². The molecule has 7 nitrogen and oxygen atoms in total. The molecule has 0 radical (unpaired) electrons. The van der Waals surface area contributed by atoms with Crippen LogP contribution in [0.5, 0.6) is 0 Å². The van der Waals surface area contributed by atoms with Crippen LogP contribution in [-0.4, -0.2) is 19.6 Å². The molecule has 7 heteroatoms. The number of aromatic nitrogens is 4. The van der Waals surface area contributed by atoms with Crippen LogP contribution in [0.15, 0.2) is 23.3 Å². The molecule has 2 heterocycles. The first kappa shape index (κ1) is 8.72. The minimum Gasteiger partial charge on any atom is -0.383 e. The molecular formula is C9H8N6O. The molecule has 1 aromatic carbocycles. The lowest BCUT2D eigenvalue weighted by Gasteiger charge is -2.01. The van der Waals surface area contributed by atoms with Gasteiger partial charge in [-0.1, -0.05) is 0 Å². The smallest absolute Gasteiger partial charge is 0.347 e. The van der Waals surface area contributed by atoms with Crippen molar-refractivity contribution in [2.75, 3.05) is 11.6 Å². The molecule has 0 aliphatic heterocycles. The van der Waals surface area contributed by atoms with Crippen molar-refractivity contribution in [1.29, 1.82) is 0 Å². The molecule has 0 unspecified atom stereocenters. The Kier molecular flexibility index (Phi) is 1.48. The lowest BCUT2D eigenvalue weighted by atomic mass is 10.2. The molecule has 80 valence electrons. The lowest BCUT2D eigenvalue weighted by molar-refractivity contribution is 1.04. The fourth-order valence-electron chi connectivity index (χ4n) is 1.75. The number of hydrogen-bond donors (Lipinski definition) is 3. The van der Waals surface area contributed by atoms with Crippen molar-refractivity contribution in [2.24, 2.45) is 0 Å². The van der Waals surface area contributed by atoms with Gasteiger partial charge in [-0.2, -0.15) is 4.98 Å². The first-order valence-corrected chi connectivity index (χ1v) is 4.57. The molecule has 3 rings (SSSR count). The number of fused-ring (bicyclic) bond motifs is 3. The highest BCUT2D eigenvalue weighted by Crippen LogP contribution is 2.22. The maximum Gasteiger partial charge on any atom is 0.347 e. The van der Waals surface area contributed by atoms with Gasteiger partial charge in [0.05, 0.1) is 11.0 Å². The van der Waals surface area contributed by atoms with Crippen molar-refractivity contribution < 1.29 is 0 Å². The van der Waals surface area contributed by atoms with Gasteiger partial charge in [0, 0.05) is 5.39 Å². The second kappa shape index (κ2) is 2.72. The van der Waals surface area contributed by atoms with Crippen LogP contribution < -0.4 is 17.3 Å². The van der Waals surface area contributed by atoms with Crippen molar-refractivity contribution in [3.05, 3.63) is 28.9 Å². The number of imidazole rings is 1. The van der Waals surface area contributed by atoms with Crippen LogP contribution in [0.1, 0.15) is 0 Å². The number of anilines is 1. The van der Waals surface area contributed by atoms with E-state index in [4.69, 9.17) is 11.6 Å². The third-order valence-electron chi connectivity index (χ3n) is 2.48. The van der Waals surface area contributed by atoms with Gasteiger partial charge in [-0.25, -0.2) is 14.5 Å². The average molecular weight is 216 g/mol. The molecule has 0 aliphatic rings. The van der Waals surface area contributed by atoms with Crippen LogP contribution in [0.4, 0.5) is 5.82 Å². The first-order valence-electron chi connectivity index (χ1n) is 4.57. The number of H-pyrrole nitrogens is 1. The summed E-state index contributed by atoms with van der Waals surface area (Å²) >= 11 is 0. The molecule has 0 aliphatic carbocycles. The number of nitrogen functional groups attached to an aromatic ring is 2. The number of nitrogens with zero attached hydrogens (tertiary/aromatic N) is 3. The first-order chi connectivity index (χ1) is 7.66. The van der Waals surface area contributed by atoms with Crippen molar-refractivity contribution in [1.82, 2.24) is 19.6 Å². The van der Waals surface area contributed by atoms with Crippen molar-refractivity contribution >= 4 is 27.8 Å². The highest BCUT2D eigenvalue weighted by atomic mass is 16.1. The Bertz CT molecular complexity index is 756. The summed E-state index contributed by atoms with van der Waals surface area (Å²) in [6.45, 7) is 0. The second-order valence-corrected chi connectivity index (χ2v) is 3.43. The summed E-state index contributed by atoms with van der Waals surface area (Å²) in [4.78, 5) is 21.6. The van der Waals surface area contributed by atoms with E-state index in [1.807, 2.05) is 0 Å². The lowest BCUT2D eigenvalue weighted by Crippen LogP contribution is -2.13. The predicted octanol–water partition coefficient (Wildman–Crippen LogP) is -0.431. The maximum atomic E-state index is 11.2. The zero-order valence-electron chi connectivity index (χ0n) is 8.14. The van der Waals surface area contributed by atoms with Gasteiger partial charge in [0.25, 0.3) is 0 Å². The van der Waals surface area contributed by atoms with E-state index in [0.717, 1.165) is 0 Å². The van der Waals surface area contributed by atoms with E-state index in [0.29, 0.717) is 21.9 Å². The normalized spacial score (nSPS) is 11.2. The number of aromatic amines is 1. The summed E-state index contributed by atoms with van der Waals surface area (Å²) in [7, 11) is 0. The van der Waals surface area contributed by atoms with Gasteiger partial charge in [-0.3, -0.25) is 0 Å². The minimum absolute atomic E-state index is 0.187. The van der Waals surface area contributed by atoms with Crippen molar-refractivity contribution in [3.63, 3.8) is 0 Å². The van der Waals surface area contributed by atoms with E-state index in [9.17, 15) is 4.79 Å². The van der Waals surface area contributed by atoms with Crippen molar-refractivity contribution in [2.45, 2.75) is 0 Å². The van der Waals surface area contributed by atoms with Gasteiger partial charge in [-0.15, -0.1) is 0 Å². The van der Waals surface area contributed by atoms with Crippen LogP contribution in [0.3, 0.4) is 0 Å². The molecule has 3 aromatic rings. The Balaban J connectivity index is 2.65. The van der Waals surface area contributed by atoms with Crippen molar-refractivity contribution in [3.8, 4) is 0 Å². The van der Waals surface area contributed by atoms with Gasteiger partial charge >= 0.3 is 5.69 Å². The fourth-order valence-corrected chi connectivity index (χ4v) is 1.75.